The van der Waals surface area contributed by atoms with Crippen molar-refractivity contribution in [2.24, 2.45) is 4.99 Å². The third-order valence-corrected chi connectivity index (χ3v) is 4.19. The molecule has 1 fully saturated rings. The second-order valence-corrected chi connectivity index (χ2v) is 6.24. The summed E-state index contributed by atoms with van der Waals surface area (Å²) in [6.45, 7) is 4.70. The number of halogens is 1. The van der Waals surface area contributed by atoms with Crippen molar-refractivity contribution in [3.05, 3.63) is 29.8 Å². The molecule has 1 heterocycles. The maximum absolute atomic E-state index is 12.1. The van der Waals surface area contributed by atoms with E-state index < -0.39 is 0 Å². The van der Waals surface area contributed by atoms with Crippen LogP contribution >= 0.6 is 24.0 Å². The van der Waals surface area contributed by atoms with Crippen LogP contribution in [-0.2, 0) is 4.74 Å². The van der Waals surface area contributed by atoms with E-state index in [-0.39, 0.29) is 35.5 Å². The number of methoxy groups -OCH3 is 1. The lowest BCUT2D eigenvalue weighted by Crippen LogP contribution is -2.47. The van der Waals surface area contributed by atoms with Crippen LogP contribution in [-0.4, -0.2) is 57.9 Å². The van der Waals surface area contributed by atoms with Crippen molar-refractivity contribution in [3.63, 3.8) is 0 Å². The molecule has 1 aliphatic rings. The maximum Gasteiger partial charge on any atom is 0.251 e. The normalized spacial score (nSPS) is 19.4. The zero-order valence-corrected chi connectivity index (χ0v) is 18.0. The maximum atomic E-state index is 12.1. The van der Waals surface area contributed by atoms with Crippen LogP contribution in [0.1, 0.15) is 30.1 Å². The van der Waals surface area contributed by atoms with Gasteiger partial charge >= 0.3 is 0 Å². The number of nitrogens with one attached hydrogen (secondary N) is 3. The fourth-order valence-electron chi connectivity index (χ4n) is 2.69. The van der Waals surface area contributed by atoms with Gasteiger partial charge in [-0.3, -0.25) is 9.79 Å². The minimum Gasteiger partial charge on any atom is -0.497 e. The largest absolute Gasteiger partial charge is 0.497 e. The Bertz CT molecular complexity index is 604. The first kappa shape index (κ1) is 22.5. The molecule has 8 heteroatoms. The number of hydrogen-bond donors (Lipinski definition) is 3. The van der Waals surface area contributed by atoms with Gasteiger partial charge < -0.3 is 25.4 Å². The first-order valence-electron chi connectivity index (χ1n) is 8.57. The summed E-state index contributed by atoms with van der Waals surface area (Å²) in [7, 11) is 3.30. The van der Waals surface area contributed by atoms with Crippen LogP contribution in [0.15, 0.2) is 29.3 Å². The minimum absolute atomic E-state index is 0. The highest BCUT2D eigenvalue weighted by atomic mass is 127. The van der Waals surface area contributed by atoms with Crippen LogP contribution in [0.3, 0.4) is 0 Å². The molecule has 0 spiro atoms. The molecule has 146 valence electrons. The highest BCUT2D eigenvalue weighted by molar-refractivity contribution is 14.0. The molecule has 1 unspecified atom stereocenters. The van der Waals surface area contributed by atoms with Gasteiger partial charge in [-0.15, -0.1) is 24.0 Å². The SMILES string of the molecule is CN=C(NCCNC(=O)c1cccc(OC)c1)NCC1(C)CCCO1.I. The molecule has 7 nitrogen and oxygen atoms in total. The fourth-order valence-corrected chi connectivity index (χ4v) is 2.69. The quantitative estimate of drug-likeness (QED) is 0.242. The number of benzene rings is 1. The van der Waals surface area contributed by atoms with E-state index >= 15 is 0 Å². The monoisotopic (exact) mass is 476 g/mol. The van der Waals surface area contributed by atoms with E-state index in [1.807, 2.05) is 6.07 Å². The Kier molecular flexibility index (Phi) is 9.71. The van der Waals surface area contributed by atoms with Gasteiger partial charge in [0.2, 0.25) is 0 Å². The number of aliphatic imine (C=N–C) groups is 1. The predicted molar refractivity (Wildman–Crippen MR) is 114 cm³/mol. The van der Waals surface area contributed by atoms with Gasteiger partial charge in [-0.05, 0) is 38.0 Å². The molecular formula is C18H29IN4O3. The zero-order valence-electron chi connectivity index (χ0n) is 15.6. The van der Waals surface area contributed by atoms with Crippen LogP contribution in [0.4, 0.5) is 0 Å². The van der Waals surface area contributed by atoms with Crippen LogP contribution in [0, 0.1) is 0 Å². The van der Waals surface area contributed by atoms with Gasteiger partial charge in [0, 0.05) is 38.9 Å². The van der Waals surface area contributed by atoms with E-state index in [0.29, 0.717) is 36.9 Å². The lowest BCUT2D eigenvalue weighted by molar-refractivity contribution is 0.0243. The van der Waals surface area contributed by atoms with Gasteiger partial charge in [0.15, 0.2) is 5.96 Å². The number of guanidine groups is 1. The topological polar surface area (TPSA) is 84.0 Å². The highest BCUT2D eigenvalue weighted by Crippen LogP contribution is 2.23. The Labute approximate surface area is 172 Å². The molecule has 1 aliphatic heterocycles. The lowest BCUT2D eigenvalue weighted by Gasteiger charge is -2.24. The van der Waals surface area contributed by atoms with Crippen molar-refractivity contribution in [2.75, 3.05) is 40.4 Å². The first-order valence-corrected chi connectivity index (χ1v) is 8.57. The van der Waals surface area contributed by atoms with Gasteiger partial charge in [-0.1, -0.05) is 6.07 Å². The Balaban J connectivity index is 0.00000338. The molecule has 2 rings (SSSR count). The van der Waals surface area contributed by atoms with E-state index in [0.717, 1.165) is 19.4 Å². The molecule has 1 aromatic rings. The van der Waals surface area contributed by atoms with E-state index in [1.54, 1.807) is 32.4 Å². The molecule has 0 aliphatic carbocycles. The Morgan fingerprint density at radius 2 is 2.08 bits per heavy atom. The zero-order chi connectivity index (χ0) is 18.1. The van der Waals surface area contributed by atoms with E-state index in [1.165, 1.54) is 0 Å². The summed E-state index contributed by atoms with van der Waals surface area (Å²) in [4.78, 5) is 16.3. The third kappa shape index (κ3) is 6.99. The minimum atomic E-state index is -0.129. The third-order valence-electron chi connectivity index (χ3n) is 4.19. The van der Waals surface area contributed by atoms with Gasteiger partial charge in [-0.2, -0.15) is 0 Å². The van der Waals surface area contributed by atoms with Crippen molar-refractivity contribution in [1.29, 1.82) is 0 Å². The predicted octanol–water partition coefficient (Wildman–Crippen LogP) is 1.78. The molecule has 26 heavy (non-hydrogen) atoms. The number of rotatable bonds is 7. The first-order chi connectivity index (χ1) is 12.1. The Hall–Kier alpha value is -1.55. The van der Waals surface area contributed by atoms with Crippen molar-refractivity contribution >= 4 is 35.8 Å². The molecule has 1 saturated heterocycles. The standard InChI is InChI=1S/C18H28N4O3.HI/c1-18(8-5-11-25-18)13-22-17(19-2)21-10-9-20-16(23)14-6-4-7-15(12-14)24-3;/h4,6-7,12H,5,8-11,13H2,1-3H3,(H,20,23)(H2,19,21,22);1H. The summed E-state index contributed by atoms with van der Waals surface area (Å²) >= 11 is 0. The van der Waals surface area contributed by atoms with Crippen LogP contribution < -0.4 is 20.7 Å². The van der Waals surface area contributed by atoms with Gasteiger partial charge in [0.25, 0.3) is 5.91 Å². The summed E-state index contributed by atoms with van der Waals surface area (Å²) in [5.74, 6) is 1.24. The summed E-state index contributed by atoms with van der Waals surface area (Å²) in [6.07, 6.45) is 2.15. The van der Waals surface area contributed by atoms with Crippen LogP contribution in [0.5, 0.6) is 5.75 Å². The molecular weight excluding hydrogens is 447 g/mol. The number of carbonyl (C=O) groups is 1. The van der Waals surface area contributed by atoms with Gasteiger partial charge in [0.05, 0.1) is 12.7 Å². The van der Waals surface area contributed by atoms with Crippen molar-refractivity contribution in [3.8, 4) is 5.75 Å². The average Bonchev–Trinajstić information content (AvgIpc) is 3.07. The molecule has 0 bridgehead atoms. The summed E-state index contributed by atoms with van der Waals surface area (Å²) in [5, 5.41) is 9.33. The average molecular weight is 476 g/mol. The summed E-state index contributed by atoms with van der Waals surface area (Å²) < 4.78 is 10.9. The second-order valence-electron chi connectivity index (χ2n) is 6.24. The molecule has 1 atom stereocenters. The number of amides is 1. The molecule has 0 saturated carbocycles. The van der Waals surface area contributed by atoms with E-state index in [9.17, 15) is 4.79 Å². The van der Waals surface area contributed by atoms with Crippen molar-refractivity contribution in [2.45, 2.75) is 25.4 Å². The smallest absolute Gasteiger partial charge is 0.251 e. The van der Waals surface area contributed by atoms with Crippen molar-refractivity contribution < 1.29 is 14.3 Å². The van der Waals surface area contributed by atoms with E-state index in [4.69, 9.17) is 9.47 Å². The van der Waals surface area contributed by atoms with Crippen LogP contribution in [0.2, 0.25) is 0 Å². The molecule has 3 N–H and O–H groups in total. The summed E-state index contributed by atoms with van der Waals surface area (Å²) in [6, 6.07) is 7.07. The molecule has 0 radical (unpaired) electrons. The van der Waals surface area contributed by atoms with Gasteiger partial charge in [0.1, 0.15) is 5.75 Å². The highest BCUT2D eigenvalue weighted by Gasteiger charge is 2.29. The van der Waals surface area contributed by atoms with Crippen LogP contribution in [0.25, 0.3) is 0 Å². The Morgan fingerprint density at radius 1 is 1.31 bits per heavy atom. The second kappa shape index (κ2) is 11.2. The Morgan fingerprint density at radius 3 is 2.73 bits per heavy atom. The lowest BCUT2D eigenvalue weighted by atomic mass is 10.0. The molecule has 1 aromatic carbocycles. The number of carbonyl (C=O) groups excluding carboxylic acids is 1. The number of hydrogen-bond acceptors (Lipinski definition) is 4. The number of nitrogens with zero attached hydrogens (tertiary/aromatic N) is 1. The van der Waals surface area contributed by atoms with Gasteiger partial charge in [-0.25, -0.2) is 0 Å². The number of ether oxygens (including phenoxy) is 2. The van der Waals surface area contributed by atoms with E-state index in [2.05, 4.69) is 27.9 Å². The van der Waals surface area contributed by atoms with Crippen molar-refractivity contribution in [1.82, 2.24) is 16.0 Å². The molecule has 1 amide bonds. The molecule has 0 aromatic heterocycles. The summed E-state index contributed by atoms with van der Waals surface area (Å²) in [5.41, 5.74) is 0.450. The fraction of sp³-hybridized carbons (Fsp3) is 0.556.